The molecule has 0 amide bonds. The molecule has 0 aliphatic heterocycles. The van der Waals surface area contributed by atoms with Gasteiger partial charge in [-0.15, -0.1) is 0 Å². The molecule has 1 N–H and O–H groups in total. The second kappa shape index (κ2) is 6.06. The minimum absolute atomic E-state index is 0.0975. The van der Waals surface area contributed by atoms with Gasteiger partial charge in [0.15, 0.2) is 0 Å². The van der Waals surface area contributed by atoms with Crippen molar-refractivity contribution in [2.24, 2.45) is 0 Å². The zero-order valence-corrected chi connectivity index (χ0v) is 11.9. The molecule has 0 saturated carbocycles. The first kappa shape index (κ1) is 14.5. The average molecular weight is 274 g/mol. The highest BCUT2D eigenvalue weighted by Gasteiger charge is 2.15. The maximum atomic E-state index is 13.9. The van der Waals surface area contributed by atoms with Gasteiger partial charge in [-0.3, -0.25) is 0 Å². The van der Waals surface area contributed by atoms with E-state index in [0.717, 1.165) is 11.3 Å². The van der Waals surface area contributed by atoms with Gasteiger partial charge in [-0.1, -0.05) is 24.3 Å². The summed E-state index contributed by atoms with van der Waals surface area (Å²) in [6, 6.07) is 11.9. The van der Waals surface area contributed by atoms with Gasteiger partial charge >= 0.3 is 0 Å². The van der Waals surface area contributed by atoms with E-state index in [9.17, 15) is 9.50 Å². The van der Waals surface area contributed by atoms with Gasteiger partial charge in [-0.25, -0.2) is 4.39 Å². The van der Waals surface area contributed by atoms with Crippen molar-refractivity contribution in [1.82, 2.24) is 0 Å². The molecule has 0 bridgehead atoms. The van der Waals surface area contributed by atoms with Crippen LogP contribution in [0, 0.1) is 12.7 Å². The van der Waals surface area contributed by atoms with Gasteiger partial charge in [-0.05, 0) is 50.1 Å². The minimum Gasteiger partial charge on any atom is -0.491 e. The summed E-state index contributed by atoms with van der Waals surface area (Å²) < 4.78 is 19.4. The zero-order valence-electron chi connectivity index (χ0n) is 11.9. The van der Waals surface area contributed by atoms with E-state index >= 15 is 0 Å². The van der Waals surface area contributed by atoms with Crippen LogP contribution in [0.4, 0.5) is 4.39 Å². The quantitative estimate of drug-likeness (QED) is 0.913. The Balaban J connectivity index is 2.22. The molecule has 0 heterocycles. The van der Waals surface area contributed by atoms with Crippen molar-refractivity contribution in [3.63, 3.8) is 0 Å². The van der Waals surface area contributed by atoms with Crippen molar-refractivity contribution in [2.75, 3.05) is 0 Å². The molecule has 3 heteroatoms. The smallest absolute Gasteiger partial charge is 0.129 e. The molecule has 0 saturated heterocycles. The summed E-state index contributed by atoms with van der Waals surface area (Å²) in [6.45, 7) is 5.71. The standard InChI is InChI=1S/C17H19FO2/c1-11(2)20-14-7-5-13(6-8-14)17(19)15-9-4-12(3)10-16(15)18/h4-11,17,19H,1-3H3. The predicted molar refractivity (Wildman–Crippen MR) is 77.4 cm³/mol. The van der Waals surface area contributed by atoms with Crippen LogP contribution >= 0.6 is 0 Å². The van der Waals surface area contributed by atoms with Crippen LogP contribution in [-0.4, -0.2) is 11.2 Å². The van der Waals surface area contributed by atoms with Gasteiger partial charge in [0, 0.05) is 5.56 Å². The number of halogens is 1. The first-order valence-electron chi connectivity index (χ1n) is 6.68. The molecule has 2 nitrogen and oxygen atoms in total. The number of benzene rings is 2. The number of hydrogen-bond acceptors (Lipinski definition) is 2. The summed E-state index contributed by atoms with van der Waals surface area (Å²) in [7, 11) is 0. The van der Waals surface area contributed by atoms with Crippen LogP contribution in [0.1, 0.15) is 36.6 Å². The van der Waals surface area contributed by atoms with Crippen LogP contribution in [-0.2, 0) is 0 Å². The van der Waals surface area contributed by atoms with Crippen LogP contribution in [0.25, 0.3) is 0 Å². The van der Waals surface area contributed by atoms with Gasteiger partial charge < -0.3 is 9.84 Å². The Morgan fingerprint density at radius 2 is 1.70 bits per heavy atom. The van der Waals surface area contributed by atoms with E-state index in [-0.39, 0.29) is 17.5 Å². The summed E-state index contributed by atoms with van der Waals surface area (Å²) in [6.07, 6.45) is -0.871. The highest BCUT2D eigenvalue weighted by Crippen LogP contribution is 2.26. The Morgan fingerprint density at radius 3 is 2.25 bits per heavy atom. The summed E-state index contributed by atoms with van der Waals surface area (Å²) in [5.74, 6) is 0.348. The molecular formula is C17H19FO2. The average Bonchev–Trinajstić information content (AvgIpc) is 2.38. The highest BCUT2D eigenvalue weighted by molar-refractivity contribution is 5.35. The van der Waals surface area contributed by atoms with Crippen molar-refractivity contribution in [2.45, 2.75) is 33.0 Å². The van der Waals surface area contributed by atoms with Crippen LogP contribution in [0.15, 0.2) is 42.5 Å². The number of aliphatic hydroxyl groups is 1. The Morgan fingerprint density at radius 1 is 1.05 bits per heavy atom. The summed E-state index contributed by atoms with van der Waals surface area (Å²) in [4.78, 5) is 0. The van der Waals surface area contributed by atoms with Crippen molar-refractivity contribution in [3.8, 4) is 5.75 Å². The highest BCUT2D eigenvalue weighted by atomic mass is 19.1. The van der Waals surface area contributed by atoms with Crippen molar-refractivity contribution in [3.05, 3.63) is 65.0 Å². The van der Waals surface area contributed by atoms with Gasteiger partial charge in [0.1, 0.15) is 17.7 Å². The molecule has 0 aliphatic carbocycles. The molecule has 1 unspecified atom stereocenters. The van der Waals surface area contributed by atoms with E-state index in [2.05, 4.69) is 0 Å². The number of ether oxygens (including phenoxy) is 1. The normalized spacial score (nSPS) is 12.5. The fourth-order valence-corrected chi connectivity index (χ4v) is 2.03. The van der Waals surface area contributed by atoms with Crippen LogP contribution in [0.5, 0.6) is 5.75 Å². The zero-order chi connectivity index (χ0) is 14.7. The monoisotopic (exact) mass is 274 g/mol. The van der Waals surface area contributed by atoms with Crippen molar-refractivity contribution in [1.29, 1.82) is 0 Å². The first-order valence-corrected chi connectivity index (χ1v) is 6.68. The largest absolute Gasteiger partial charge is 0.491 e. The molecule has 106 valence electrons. The lowest BCUT2D eigenvalue weighted by atomic mass is 10.00. The maximum absolute atomic E-state index is 13.9. The molecule has 0 spiro atoms. The molecule has 0 radical (unpaired) electrons. The molecule has 0 aromatic heterocycles. The van der Waals surface area contributed by atoms with Gasteiger partial charge in [0.25, 0.3) is 0 Å². The molecular weight excluding hydrogens is 255 g/mol. The van der Waals surface area contributed by atoms with Crippen LogP contribution in [0.3, 0.4) is 0 Å². The first-order chi connectivity index (χ1) is 9.47. The van der Waals surface area contributed by atoms with Gasteiger partial charge in [-0.2, -0.15) is 0 Å². The lowest BCUT2D eigenvalue weighted by Gasteiger charge is -2.14. The minimum atomic E-state index is -0.969. The van der Waals surface area contributed by atoms with Crippen LogP contribution in [0.2, 0.25) is 0 Å². The van der Waals surface area contributed by atoms with E-state index in [4.69, 9.17) is 4.74 Å². The lowest BCUT2D eigenvalue weighted by Crippen LogP contribution is -2.06. The van der Waals surface area contributed by atoms with Crippen LogP contribution < -0.4 is 4.74 Å². The van der Waals surface area contributed by atoms with E-state index in [1.165, 1.54) is 6.07 Å². The van der Waals surface area contributed by atoms with E-state index < -0.39 is 6.10 Å². The number of aliphatic hydroxyl groups excluding tert-OH is 1. The Bertz CT molecular complexity index is 576. The summed E-state index contributed by atoms with van der Waals surface area (Å²) in [5.41, 5.74) is 1.76. The Kier molecular flexibility index (Phi) is 4.40. The van der Waals surface area contributed by atoms with E-state index in [0.29, 0.717) is 5.56 Å². The maximum Gasteiger partial charge on any atom is 0.129 e. The van der Waals surface area contributed by atoms with E-state index in [1.807, 2.05) is 20.8 Å². The second-order valence-electron chi connectivity index (χ2n) is 5.16. The molecule has 2 aromatic rings. The SMILES string of the molecule is Cc1ccc(C(O)c2ccc(OC(C)C)cc2)c(F)c1. The molecule has 20 heavy (non-hydrogen) atoms. The Labute approximate surface area is 118 Å². The Hall–Kier alpha value is -1.87. The molecule has 0 fully saturated rings. The third kappa shape index (κ3) is 3.36. The summed E-state index contributed by atoms with van der Waals surface area (Å²) >= 11 is 0. The topological polar surface area (TPSA) is 29.5 Å². The fourth-order valence-electron chi connectivity index (χ4n) is 2.03. The lowest BCUT2D eigenvalue weighted by molar-refractivity contribution is 0.214. The third-order valence-corrected chi connectivity index (χ3v) is 3.02. The summed E-state index contributed by atoms with van der Waals surface area (Å²) in [5, 5.41) is 10.3. The molecule has 2 rings (SSSR count). The molecule has 0 aliphatic rings. The van der Waals surface area contributed by atoms with E-state index in [1.54, 1.807) is 36.4 Å². The fraction of sp³-hybridized carbons (Fsp3) is 0.294. The molecule has 1 atom stereocenters. The van der Waals surface area contributed by atoms with Gasteiger partial charge in [0.2, 0.25) is 0 Å². The third-order valence-electron chi connectivity index (χ3n) is 3.02. The number of aryl methyl sites for hydroxylation is 1. The van der Waals surface area contributed by atoms with Crippen molar-refractivity contribution >= 4 is 0 Å². The van der Waals surface area contributed by atoms with Crippen molar-refractivity contribution < 1.29 is 14.2 Å². The molecule has 2 aromatic carbocycles. The number of rotatable bonds is 4. The number of hydrogen-bond donors (Lipinski definition) is 1. The predicted octanol–water partition coefficient (Wildman–Crippen LogP) is 4.00. The second-order valence-corrected chi connectivity index (χ2v) is 5.16. The van der Waals surface area contributed by atoms with Gasteiger partial charge in [0.05, 0.1) is 6.10 Å².